The van der Waals surface area contributed by atoms with Gasteiger partial charge in [0.1, 0.15) is 0 Å². The molecule has 0 N–H and O–H groups in total. The lowest BCUT2D eigenvalue weighted by molar-refractivity contribution is 0.934. The van der Waals surface area contributed by atoms with E-state index in [1.54, 1.807) is 0 Å². The van der Waals surface area contributed by atoms with Gasteiger partial charge in [-0.25, -0.2) is 0 Å². The van der Waals surface area contributed by atoms with Gasteiger partial charge in [-0.15, -0.1) is 0 Å². The molecule has 5 aromatic rings. The molecule has 0 atom stereocenters. The number of hydrogen-bond donors (Lipinski definition) is 0. The molecule has 0 spiro atoms. The van der Waals surface area contributed by atoms with Gasteiger partial charge in [0.15, 0.2) is 0 Å². The van der Waals surface area contributed by atoms with Crippen molar-refractivity contribution in [2.45, 2.75) is 0 Å². The van der Waals surface area contributed by atoms with E-state index in [9.17, 15) is 0 Å². The second-order valence-corrected chi connectivity index (χ2v) is 5.56. The summed E-state index contributed by atoms with van der Waals surface area (Å²) >= 11 is 0. The topological polar surface area (TPSA) is 22.2 Å². The second-order valence-electron chi connectivity index (χ2n) is 5.56. The Morgan fingerprint density at radius 1 is 0.857 bits per heavy atom. The van der Waals surface area contributed by atoms with E-state index in [-0.39, 0.29) is 0 Å². The Hall–Kier alpha value is -2.81. The Balaban J connectivity index is 2.24. The summed E-state index contributed by atoms with van der Waals surface area (Å²) in [6.45, 7) is 0. The standard InChI is InChI=1S/C18H13N3/c1-20-10-14-15(11-20)18-13-6-3-2-5-12(13)9-21(18)16-7-4-8-19-17(14)16/h2-11H,1H3. The molecule has 0 unspecified atom stereocenters. The van der Waals surface area contributed by atoms with Gasteiger partial charge in [0.25, 0.3) is 0 Å². The third-order valence-electron chi connectivity index (χ3n) is 4.24. The van der Waals surface area contributed by atoms with Crippen LogP contribution >= 0.6 is 0 Å². The molecule has 3 nitrogen and oxygen atoms in total. The largest absolute Gasteiger partial charge is 0.356 e. The number of benzene rings is 1. The summed E-state index contributed by atoms with van der Waals surface area (Å²) in [5, 5.41) is 5.02. The maximum atomic E-state index is 4.61. The normalized spacial score (nSPS) is 12.0. The molecule has 0 radical (unpaired) electrons. The van der Waals surface area contributed by atoms with Crippen molar-refractivity contribution in [3.05, 3.63) is 61.2 Å². The molecule has 0 aliphatic carbocycles. The minimum atomic E-state index is 1.06. The number of aromatic nitrogens is 3. The first-order valence-corrected chi connectivity index (χ1v) is 7.05. The summed E-state index contributed by atoms with van der Waals surface area (Å²) in [7, 11) is 2.07. The highest BCUT2D eigenvalue weighted by molar-refractivity contribution is 6.18. The zero-order valence-corrected chi connectivity index (χ0v) is 11.6. The summed E-state index contributed by atoms with van der Waals surface area (Å²) in [5.74, 6) is 0. The maximum absolute atomic E-state index is 4.61. The highest BCUT2D eigenvalue weighted by Crippen LogP contribution is 2.34. The Labute approximate surface area is 121 Å². The van der Waals surface area contributed by atoms with Gasteiger partial charge in [-0.1, -0.05) is 24.3 Å². The fourth-order valence-corrected chi connectivity index (χ4v) is 3.38. The summed E-state index contributed by atoms with van der Waals surface area (Å²) in [6, 6.07) is 12.7. The molecule has 0 aliphatic rings. The van der Waals surface area contributed by atoms with E-state index in [0.717, 1.165) is 11.0 Å². The van der Waals surface area contributed by atoms with Crippen LogP contribution in [-0.2, 0) is 7.05 Å². The molecule has 3 heteroatoms. The summed E-state index contributed by atoms with van der Waals surface area (Å²) in [6.07, 6.45) is 8.42. The van der Waals surface area contributed by atoms with E-state index in [4.69, 9.17) is 0 Å². The Bertz CT molecular complexity index is 1140. The maximum Gasteiger partial charge on any atom is 0.0964 e. The van der Waals surface area contributed by atoms with Crippen LogP contribution in [0.4, 0.5) is 0 Å². The fourth-order valence-electron chi connectivity index (χ4n) is 3.38. The van der Waals surface area contributed by atoms with Crippen LogP contribution in [0.5, 0.6) is 0 Å². The first-order valence-electron chi connectivity index (χ1n) is 7.05. The monoisotopic (exact) mass is 271 g/mol. The van der Waals surface area contributed by atoms with Gasteiger partial charge >= 0.3 is 0 Å². The van der Waals surface area contributed by atoms with Gasteiger partial charge < -0.3 is 8.97 Å². The highest BCUT2D eigenvalue weighted by Gasteiger charge is 2.13. The van der Waals surface area contributed by atoms with E-state index in [2.05, 4.69) is 69.9 Å². The Kier molecular flexibility index (Phi) is 1.89. The van der Waals surface area contributed by atoms with Crippen molar-refractivity contribution in [3.63, 3.8) is 0 Å². The first kappa shape index (κ1) is 10.9. The van der Waals surface area contributed by atoms with E-state index in [1.165, 1.54) is 27.1 Å². The van der Waals surface area contributed by atoms with Crippen LogP contribution in [-0.4, -0.2) is 14.0 Å². The molecule has 100 valence electrons. The van der Waals surface area contributed by atoms with Crippen molar-refractivity contribution in [3.8, 4) is 0 Å². The zero-order valence-electron chi connectivity index (χ0n) is 11.6. The van der Waals surface area contributed by atoms with Crippen LogP contribution in [0.15, 0.2) is 61.2 Å². The predicted octanol–water partition coefficient (Wildman–Crippen LogP) is 4.13. The molecule has 4 aromatic heterocycles. The number of hydrogen-bond acceptors (Lipinski definition) is 1. The van der Waals surface area contributed by atoms with E-state index < -0.39 is 0 Å². The van der Waals surface area contributed by atoms with Crippen molar-refractivity contribution in [1.29, 1.82) is 0 Å². The zero-order chi connectivity index (χ0) is 14.0. The molecule has 5 rings (SSSR count). The molecule has 1 aromatic carbocycles. The average molecular weight is 271 g/mol. The average Bonchev–Trinajstić information content (AvgIpc) is 3.07. The molecule has 0 saturated carbocycles. The lowest BCUT2D eigenvalue weighted by atomic mass is 10.1. The van der Waals surface area contributed by atoms with Gasteiger partial charge in [0.05, 0.1) is 16.6 Å². The molecular formula is C18H13N3. The van der Waals surface area contributed by atoms with Crippen molar-refractivity contribution in [1.82, 2.24) is 14.0 Å². The van der Waals surface area contributed by atoms with Crippen molar-refractivity contribution in [2.24, 2.45) is 7.05 Å². The van der Waals surface area contributed by atoms with Crippen LogP contribution in [0.2, 0.25) is 0 Å². The number of nitrogens with zero attached hydrogens (tertiary/aromatic N) is 3. The van der Waals surface area contributed by atoms with Gasteiger partial charge in [-0.3, -0.25) is 4.98 Å². The molecule has 0 amide bonds. The highest BCUT2D eigenvalue weighted by atomic mass is 14.9. The van der Waals surface area contributed by atoms with Crippen LogP contribution < -0.4 is 0 Å². The van der Waals surface area contributed by atoms with Gasteiger partial charge in [0, 0.05) is 53.4 Å². The number of aryl methyl sites for hydroxylation is 1. The molecule has 0 bridgehead atoms. The van der Waals surface area contributed by atoms with Gasteiger partial charge in [0.2, 0.25) is 0 Å². The molecule has 4 heterocycles. The van der Waals surface area contributed by atoms with Gasteiger partial charge in [-0.2, -0.15) is 0 Å². The lowest BCUT2D eigenvalue weighted by Crippen LogP contribution is -1.89. The van der Waals surface area contributed by atoms with E-state index in [1.807, 2.05) is 12.3 Å². The van der Waals surface area contributed by atoms with Crippen LogP contribution in [0.25, 0.3) is 38.1 Å². The SMILES string of the molecule is Cn1cc2c(c1)c1c3ccccc3cn1c1cccnc21. The number of rotatable bonds is 0. The lowest BCUT2D eigenvalue weighted by Gasteiger charge is -2.04. The van der Waals surface area contributed by atoms with Crippen molar-refractivity contribution >= 4 is 38.1 Å². The quantitative estimate of drug-likeness (QED) is 0.415. The van der Waals surface area contributed by atoms with Crippen LogP contribution in [0.1, 0.15) is 0 Å². The molecule has 0 aliphatic heterocycles. The molecular weight excluding hydrogens is 258 g/mol. The third kappa shape index (κ3) is 1.30. The predicted molar refractivity (Wildman–Crippen MR) is 86.7 cm³/mol. The fraction of sp³-hybridized carbons (Fsp3) is 0.0556. The van der Waals surface area contributed by atoms with E-state index >= 15 is 0 Å². The minimum Gasteiger partial charge on any atom is -0.356 e. The first-order chi connectivity index (χ1) is 10.3. The number of pyridine rings is 2. The van der Waals surface area contributed by atoms with Crippen molar-refractivity contribution < 1.29 is 0 Å². The third-order valence-corrected chi connectivity index (χ3v) is 4.24. The second kappa shape index (κ2) is 3.64. The van der Waals surface area contributed by atoms with E-state index in [0.29, 0.717) is 0 Å². The number of fused-ring (bicyclic) bond motifs is 8. The minimum absolute atomic E-state index is 1.06. The summed E-state index contributed by atoms with van der Waals surface area (Å²) in [5.41, 5.74) is 3.48. The van der Waals surface area contributed by atoms with Crippen molar-refractivity contribution in [2.75, 3.05) is 0 Å². The molecule has 0 saturated heterocycles. The Morgan fingerprint density at radius 2 is 1.71 bits per heavy atom. The molecule has 21 heavy (non-hydrogen) atoms. The molecule has 0 fully saturated rings. The Morgan fingerprint density at radius 3 is 2.67 bits per heavy atom. The van der Waals surface area contributed by atoms with Crippen LogP contribution in [0, 0.1) is 0 Å². The smallest absolute Gasteiger partial charge is 0.0964 e. The van der Waals surface area contributed by atoms with Crippen LogP contribution in [0.3, 0.4) is 0 Å². The summed E-state index contributed by atoms with van der Waals surface area (Å²) < 4.78 is 4.38. The van der Waals surface area contributed by atoms with Gasteiger partial charge in [-0.05, 0) is 12.1 Å². The summed E-state index contributed by atoms with van der Waals surface area (Å²) in [4.78, 5) is 4.61.